The van der Waals surface area contributed by atoms with E-state index in [1.807, 2.05) is 30.3 Å². The van der Waals surface area contributed by atoms with Crippen molar-refractivity contribution in [3.63, 3.8) is 0 Å². The molecule has 0 aliphatic heterocycles. The number of rotatable bonds is 5. The van der Waals surface area contributed by atoms with Gasteiger partial charge < -0.3 is 14.5 Å². The van der Waals surface area contributed by atoms with Crippen LogP contribution in [0.3, 0.4) is 0 Å². The number of ether oxygens (including phenoxy) is 1. The van der Waals surface area contributed by atoms with Gasteiger partial charge in [0.15, 0.2) is 0 Å². The summed E-state index contributed by atoms with van der Waals surface area (Å²) < 4.78 is 10.5. The summed E-state index contributed by atoms with van der Waals surface area (Å²) in [5.41, 5.74) is 2.02. The van der Waals surface area contributed by atoms with Gasteiger partial charge in [-0.2, -0.15) is 0 Å². The Labute approximate surface area is 144 Å². The quantitative estimate of drug-likeness (QED) is 0.755. The summed E-state index contributed by atoms with van der Waals surface area (Å²) >= 11 is 6.04. The van der Waals surface area contributed by atoms with Crippen LogP contribution in [-0.4, -0.2) is 18.0 Å². The Kier molecular flexibility index (Phi) is 4.82. The van der Waals surface area contributed by atoms with E-state index in [-0.39, 0.29) is 12.3 Å². The first-order valence-corrected chi connectivity index (χ1v) is 7.66. The van der Waals surface area contributed by atoms with Gasteiger partial charge in [0.1, 0.15) is 12.0 Å². The van der Waals surface area contributed by atoms with Crippen LogP contribution in [0, 0.1) is 0 Å². The first kappa shape index (κ1) is 16.1. The molecule has 0 unspecified atom stereocenters. The van der Waals surface area contributed by atoms with E-state index in [0.717, 1.165) is 5.56 Å². The molecule has 6 heteroatoms. The van der Waals surface area contributed by atoms with Crippen molar-refractivity contribution in [3.05, 3.63) is 65.5 Å². The van der Waals surface area contributed by atoms with E-state index in [9.17, 15) is 4.79 Å². The largest absolute Gasteiger partial charge is 0.495 e. The molecule has 1 N–H and O–H groups in total. The number of methoxy groups -OCH3 is 1. The average molecular weight is 343 g/mol. The summed E-state index contributed by atoms with van der Waals surface area (Å²) in [5, 5.41) is 3.20. The van der Waals surface area contributed by atoms with Crippen LogP contribution in [-0.2, 0) is 11.2 Å². The van der Waals surface area contributed by atoms with Crippen molar-refractivity contribution in [1.29, 1.82) is 0 Å². The molecule has 1 amide bonds. The molecule has 5 nitrogen and oxygen atoms in total. The van der Waals surface area contributed by atoms with Crippen LogP contribution in [0.25, 0.3) is 11.5 Å². The molecule has 0 saturated carbocycles. The highest BCUT2D eigenvalue weighted by Gasteiger charge is 2.11. The van der Waals surface area contributed by atoms with Gasteiger partial charge in [0, 0.05) is 11.3 Å². The predicted octanol–water partition coefficient (Wildman–Crippen LogP) is 4.18. The third-order valence-electron chi connectivity index (χ3n) is 3.35. The molecular formula is C18H15ClN2O3. The highest BCUT2D eigenvalue weighted by atomic mass is 35.5. The lowest BCUT2D eigenvalue weighted by Gasteiger charge is -2.07. The Morgan fingerprint density at radius 3 is 2.75 bits per heavy atom. The smallest absolute Gasteiger partial charge is 0.230 e. The Hall–Kier alpha value is -2.79. The Bertz CT molecular complexity index is 846. The molecule has 2 aromatic carbocycles. The van der Waals surface area contributed by atoms with E-state index < -0.39 is 0 Å². The SMILES string of the molecule is COc1ccc(NC(=O)Cc2coc(-c3ccccc3)n2)cc1Cl. The van der Waals surface area contributed by atoms with Crippen molar-refractivity contribution in [2.75, 3.05) is 12.4 Å². The Morgan fingerprint density at radius 2 is 2.04 bits per heavy atom. The molecule has 122 valence electrons. The number of nitrogens with zero attached hydrogens (tertiary/aromatic N) is 1. The van der Waals surface area contributed by atoms with Crippen LogP contribution in [0.1, 0.15) is 5.69 Å². The molecular weight excluding hydrogens is 328 g/mol. The van der Waals surface area contributed by atoms with Gasteiger partial charge in [-0.15, -0.1) is 0 Å². The van der Waals surface area contributed by atoms with Crippen LogP contribution in [0.2, 0.25) is 5.02 Å². The molecule has 1 aromatic heterocycles. The number of carbonyl (C=O) groups is 1. The first-order chi connectivity index (χ1) is 11.7. The monoisotopic (exact) mass is 342 g/mol. The lowest BCUT2D eigenvalue weighted by atomic mass is 10.2. The van der Waals surface area contributed by atoms with Gasteiger partial charge in [0.2, 0.25) is 11.8 Å². The number of amides is 1. The second-order valence-electron chi connectivity index (χ2n) is 5.08. The fraction of sp³-hybridized carbons (Fsp3) is 0.111. The van der Waals surface area contributed by atoms with E-state index in [1.54, 1.807) is 18.2 Å². The number of hydrogen-bond acceptors (Lipinski definition) is 4. The number of anilines is 1. The fourth-order valence-corrected chi connectivity index (χ4v) is 2.47. The van der Waals surface area contributed by atoms with Crippen molar-refractivity contribution in [2.24, 2.45) is 0 Å². The van der Waals surface area contributed by atoms with Crippen molar-refractivity contribution in [2.45, 2.75) is 6.42 Å². The summed E-state index contributed by atoms with van der Waals surface area (Å²) in [6, 6.07) is 14.6. The number of hydrogen-bond donors (Lipinski definition) is 1. The average Bonchev–Trinajstić information content (AvgIpc) is 3.04. The maximum atomic E-state index is 12.1. The predicted molar refractivity (Wildman–Crippen MR) is 92.3 cm³/mol. The third-order valence-corrected chi connectivity index (χ3v) is 3.65. The summed E-state index contributed by atoms with van der Waals surface area (Å²) in [6.07, 6.45) is 1.60. The van der Waals surface area contributed by atoms with E-state index >= 15 is 0 Å². The highest BCUT2D eigenvalue weighted by Crippen LogP contribution is 2.27. The van der Waals surface area contributed by atoms with E-state index in [4.69, 9.17) is 20.8 Å². The number of nitrogens with one attached hydrogen (secondary N) is 1. The van der Waals surface area contributed by atoms with Gasteiger partial charge in [0.05, 0.1) is 24.2 Å². The Balaban J connectivity index is 1.65. The minimum Gasteiger partial charge on any atom is -0.495 e. The zero-order valence-corrected chi connectivity index (χ0v) is 13.7. The van der Waals surface area contributed by atoms with Gasteiger partial charge in [-0.3, -0.25) is 4.79 Å². The highest BCUT2D eigenvalue weighted by molar-refractivity contribution is 6.32. The molecule has 0 aliphatic carbocycles. The zero-order valence-electron chi connectivity index (χ0n) is 13.0. The van der Waals surface area contributed by atoms with Crippen molar-refractivity contribution < 1.29 is 13.9 Å². The minimum atomic E-state index is -0.204. The first-order valence-electron chi connectivity index (χ1n) is 7.29. The third kappa shape index (κ3) is 3.75. The van der Waals surface area contributed by atoms with Gasteiger partial charge >= 0.3 is 0 Å². The van der Waals surface area contributed by atoms with Crippen LogP contribution in [0.5, 0.6) is 5.75 Å². The topological polar surface area (TPSA) is 64.4 Å². The summed E-state index contributed by atoms with van der Waals surface area (Å²) in [4.78, 5) is 16.5. The second-order valence-corrected chi connectivity index (χ2v) is 5.49. The zero-order chi connectivity index (χ0) is 16.9. The van der Waals surface area contributed by atoms with E-state index in [0.29, 0.717) is 28.0 Å². The summed E-state index contributed by atoms with van der Waals surface area (Å²) in [5.74, 6) is 0.841. The maximum absolute atomic E-state index is 12.1. The van der Waals surface area contributed by atoms with Crippen LogP contribution < -0.4 is 10.1 Å². The van der Waals surface area contributed by atoms with E-state index in [1.165, 1.54) is 13.4 Å². The summed E-state index contributed by atoms with van der Waals surface area (Å²) in [6.45, 7) is 0. The van der Waals surface area contributed by atoms with Crippen molar-refractivity contribution in [1.82, 2.24) is 4.98 Å². The van der Waals surface area contributed by atoms with Crippen molar-refractivity contribution >= 4 is 23.2 Å². The van der Waals surface area contributed by atoms with Gasteiger partial charge in [-0.1, -0.05) is 29.8 Å². The number of aromatic nitrogens is 1. The summed E-state index contributed by atoms with van der Waals surface area (Å²) in [7, 11) is 1.54. The number of benzene rings is 2. The van der Waals surface area contributed by atoms with Crippen LogP contribution in [0.4, 0.5) is 5.69 Å². The number of halogens is 1. The molecule has 0 spiro atoms. The molecule has 0 radical (unpaired) electrons. The van der Waals surface area contributed by atoms with Gasteiger partial charge in [-0.25, -0.2) is 4.98 Å². The fourth-order valence-electron chi connectivity index (χ4n) is 2.22. The second kappa shape index (κ2) is 7.19. The number of carbonyl (C=O) groups excluding carboxylic acids is 1. The molecule has 0 aliphatic rings. The van der Waals surface area contributed by atoms with Crippen LogP contribution >= 0.6 is 11.6 Å². The minimum absolute atomic E-state index is 0.111. The standard InChI is InChI=1S/C18H15ClN2O3/c1-23-16-8-7-13(9-15(16)19)20-17(22)10-14-11-24-18(21-14)12-5-3-2-4-6-12/h2-9,11H,10H2,1H3,(H,20,22). The molecule has 3 rings (SSSR count). The number of oxazole rings is 1. The Morgan fingerprint density at radius 1 is 1.25 bits per heavy atom. The lowest BCUT2D eigenvalue weighted by molar-refractivity contribution is -0.115. The molecule has 24 heavy (non-hydrogen) atoms. The van der Waals surface area contributed by atoms with Crippen LogP contribution in [0.15, 0.2) is 59.2 Å². The lowest BCUT2D eigenvalue weighted by Crippen LogP contribution is -2.14. The molecule has 3 aromatic rings. The molecule has 0 atom stereocenters. The van der Waals surface area contributed by atoms with E-state index in [2.05, 4.69) is 10.3 Å². The van der Waals surface area contributed by atoms with Gasteiger partial charge in [-0.05, 0) is 30.3 Å². The molecule has 1 heterocycles. The molecule has 0 fully saturated rings. The molecule has 0 saturated heterocycles. The van der Waals surface area contributed by atoms with Gasteiger partial charge in [0.25, 0.3) is 0 Å². The van der Waals surface area contributed by atoms with Crippen molar-refractivity contribution in [3.8, 4) is 17.2 Å². The maximum Gasteiger partial charge on any atom is 0.230 e. The molecule has 0 bridgehead atoms. The normalized spacial score (nSPS) is 10.4.